The summed E-state index contributed by atoms with van der Waals surface area (Å²) in [6.07, 6.45) is 1.99. The molecule has 0 aliphatic carbocycles. The van der Waals surface area contributed by atoms with Crippen molar-refractivity contribution in [1.29, 1.82) is 0 Å². The maximum absolute atomic E-state index is 13.9. The van der Waals surface area contributed by atoms with Crippen molar-refractivity contribution in [2.24, 2.45) is 4.99 Å². The zero-order valence-corrected chi connectivity index (χ0v) is 19.8. The first kappa shape index (κ1) is 24.6. The van der Waals surface area contributed by atoms with Crippen molar-refractivity contribution < 1.29 is 13.3 Å². The van der Waals surface area contributed by atoms with Gasteiger partial charge in [-0.25, -0.2) is 4.39 Å². The molecule has 8 heteroatoms. The second-order valence-corrected chi connectivity index (χ2v) is 10.9. The lowest BCUT2D eigenvalue weighted by molar-refractivity contribution is 0.198. The number of aliphatic imine (C=N–C) groups is 1. The summed E-state index contributed by atoms with van der Waals surface area (Å²) in [6.45, 7) is 12.0. The number of ether oxygens (including phenoxy) is 1. The van der Waals surface area contributed by atoms with Crippen molar-refractivity contribution >= 4 is 16.8 Å². The molecular formula is C22H37FN4O2S. The number of nitrogens with one attached hydrogen (secondary N) is 2. The number of rotatable bonds is 8. The Morgan fingerprint density at radius 2 is 2.03 bits per heavy atom. The first-order chi connectivity index (χ1) is 14.2. The fraction of sp³-hybridized carbons (Fsp3) is 0.682. The molecule has 0 radical (unpaired) electrons. The quantitative estimate of drug-likeness (QED) is 0.481. The number of methoxy groups -OCH3 is 1. The van der Waals surface area contributed by atoms with E-state index in [2.05, 4.69) is 20.5 Å². The van der Waals surface area contributed by atoms with E-state index in [1.165, 1.54) is 7.11 Å². The van der Waals surface area contributed by atoms with Crippen LogP contribution in [0, 0.1) is 5.82 Å². The lowest BCUT2D eigenvalue weighted by atomic mass is 10.0. The van der Waals surface area contributed by atoms with Crippen LogP contribution in [-0.2, 0) is 17.3 Å². The smallest absolute Gasteiger partial charge is 0.191 e. The fourth-order valence-electron chi connectivity index (χ4n) is 3.36. The van der Waals surface area contributed by atoms with Gasteiger partial charge in [0.1, 0.15) is 0 Å². The molecule has 0 bridgehead atoms. The minimum Gasteiger partial charge on any atom is -0.494 e. The normalized spacial score (nSPS) is 17.6. The first-order valence-electron chi connectivity index (χ1n) is 10.7. The highest BCUT2D eigenvalue weighted by Gasteiger charge is 2.21. The third-order valence-electron chi connectivity index (χ3n) is 5.12. The number of likely N-dealkylation sites (tertiary alicyclic amines) is 1. The molecule has 1 saturated heterocycles. The van der Waals surface area contributed by atoms with Crippen molar-refractivity contribution in [2.75, 3.05) is 39.0 Å². The summed E-state index contributed by atoms with van der Waals surface area (Å²) in [5, 5.41) is 6.80. The van der Waals surface area contributed by atoms with Gasteiger partial charge in [0, 0.05) is 53.5 Å². The molecule has 6 nitrogen and oxygen atoms in total. The number of nitrogens with zero attached hydrogens (tertiary/aromatic N) is 2. The molecule has 0 saturated carbocycles. The maximum atomic E-state index is 13.9. The summed E-state index contributed by atoms with van der Waals surface area (Å²) in [5.41, 5.74) is 0.960. The van der Waals surface area contributed by atoms with Crippen molar-refractivity contribution in [3.63, 3.8) is 0 Å². The number of hydrogen-bond acceptors (Lipinski definition) is 4. The molecule has 0 aromatic heterocycles. The number of halogens is 1. The van der Waals surface area contributed by atoms with Gasteiger partial charge in [-0.15, -0.1) is 0 Å². The van der Waals surface area contributed by atoms with Gasteiger partial charge in [-0.3, -0.25) is 14.1 Å². The van der Waals surface area contributed by atoms with Crippen LogP contribution in [0.5, 0.6) is 5.75 Å². The second-order valence-electron chi connectivity index (χ2n) is 8.59. The topological polar surface area (TPSA) is 66.0 Å². The van der Waals surface area contributed by atoms with Gasteiger partial charge in [0.25, 0.3) is 0 Å². The van der Waals surface area contributed by atoms with Crippen LogP contribution >= 0.6 is 0 Å². The monoisotopic (exact) mass is 440 g/mol. The van der Waals surface area contributed by atoms with E-state index in [4.69, 9.17) is 4.74 Å². The Morgan fingerprint density at radius 1 is 1.33 bits per heavy atom. The average molecular weight is 441 g/mol. The Bertz CT molecular complexity index is 728. The fourth-order valence-corrected chi connectivity index (χ4v) is 4.23. The molecule has 1 aromatic rings. The maximum Gasteiger partial charge on any atom is 0.191 e. The van der Waals surface area contributed by atoms with Gasteiger partial charge in [0.05, 0.1) is 13.7 Å². The molecule has 30 heavy (non-hydrogen) atoms. The van der Waals surface area contributed by atoms with Gasteiger partial charge in [0.15, 0.2) is 17.5 Å². The van der Waals surface area contributed by atoms with Gasteiger partial charge >= 0.3 is 0 Å². The van der Waals surface area contributed by atoms with Crippen LogP contribution in [0.15, 0.2) is 23.2 Å². The Balaban J connectivity index is 1.81. The van der Waals surface area contributed by atoms with E-state index in [0.717, 1.165) is 50.5 Å². The average Bonchev–Trinajstić information content (AvgIpc) is 2.69. The molecule has 1 aromatic carbocycles. The highest BCUT2D eigenvalue weighted by Crippen LogP contribution is 2.20. The molecule has 0 amide bonds. The SMILES string of the molecule is CCNC(=NCCS(=O)C(C)(C)C)NC1CCN(Cc2ccc(OC)c(F)c2)CC1. The molecule has 1 atom stereocenters. The van der Waals surface area contributed by atoms with E-state index >= 15 is 0 Å². The number of piperidine rings is 1. The van der Waals surface area contributed by atoms with Crippen LogP contribution in [0.4, 0.5) is 4.39 Å². The third-order valence-corrected chi connectivity index (χ3v) is 7.04. The molecule has 1 aliphatic heterocycles. The summed E-state index contributed by atoms with van der Waals surface area (Å²) < 4.78 is 30.9. The van der Waals surface area contributed by atoms with E-state index in [-0.39, 0.29) is 16.3 Å². The number of benzene rings is 1. The predicted molar refractivity (Wildman–Crippen MR) is 123 cm³/mol. The second kappa shape index (κ2) is 11.6. The van der Waals surface area contributed by atoms with Crippen LogP contribution in [0.1, 0.15) is 46.1 Å². The third kappa shape index (κ3) is 7.87. The van der Waals surface area contributed by atoms with Crippen LogP contribution < -0.4 is 15.4 Å². The summed E-state index contributed by atoms with van der Waals surface area (Å²) in [4.78, 5) is 6.95. The van der Waals surface area contributed by atoms with Gasteiger partial charge in [0.2, 0.25) is 0 Å². The van der Waals surface area contributed by atoms with E-state index in [1.807, 2.05) is 33.8 Å². The molecule has 2 N–H and O–H groups in total. The van der Waals surface area contributed by atoms with Gasteiger partial charge in [-0.05, 0) is 58.2 Å². The van der Waals surface area contributed by atoms with Crippen LogP contribution in [0.25, 0.3) is 0 Å². The minimum absolute atomic E-state index is 0.207. The Morgan fingerprint density at radius 3 is 2.60 bits per heavy atom. The molecule has 170 valence electrons. The van der Waals surface area contributed by atoms with Crippen molar-refractivity contribution in [1.82, 2.24) is 15.5 Å². The van der Waals surface area contributed by atoms with Crippen LogP contribution in [0.3, 0.4) is 0 Å². The lowest BCUT2D eigenvalue weighted by Crippen LogP contribution is -2.48. The van der Waals surface area contributed by atoms with Gasteiger partial charge < -0.3 is 15.4 Å². The molecule has 1 aliphatic rings. The molecule has 1 unspecified atom stereocenters. The molecule has 1 fully saturated rings. The highest BCUT2D eigenvalue weighted by atomic mass is 32.2. The molecule has 1 heterocycles. The Hall–Kier alpha value is -1.67. The van der Waals surface area contributed by atoms with Crippen molar-refractivity contribution in [3.05, 3.63) is 29.6 Å². The molecular weight excluding hydrogens is 403 g/mol. The van der Waals surface area contributed by atoms with Gasteiger partial charge in [-0.2, -0.15) is 0 Å². The standard InChI is InChI=1S/C22H37FN4O2S/c1-6-24-21(25-11-14-30(28)22(2,3)4)26-18-9-12-27(13-10-18)16-17-7-8-20(29-5)19(23)15-17/h7-8,15,18H,6,9-14,16H2,1-5H3,(H2,24,25,26). The van der Waals surface area contributed by atoms with Crippen LogP contribution in [-0.4, -0.2) is 64.9 Å². The van der Waals surface area contributed by atoms with Crippen molar-refractivity contribution in [3.8, 4) is 5.75 Å². The first-order valence-corrected chi connectivity index (χ1v) is 12.0. The zero-order valence-electron chi connectivity index (χ0n) is 19.0. The number of hydrogen-bond donors (Lipinski definition) is 2. The molecule has 0 spiro atoms. The van der Waals surface area contributed by atoms with E-state index in [9.17, 15) is 8.60 Å². The van der Waals surface area contributed by atoms with Gasteiger partial charge in [-0.1, -0.05) is 6.07 Å². The largest absolute Gasteiger partial charge is 0.494 e. The summed E-state index contributed by atoms with van der Waals surface area (Å²) in [5.74, 6) is 1.32. The summed E-state index contributed by atoms with van der Waals surface area (Å²) >= 11 is 0. The minimum atomic E-state index is -0.897. The van der Waals surface area contributed by atoms with E-state index < -0.39 is 10.8 Å². The van der Waals surface area contributed by atoms with E-state index in [0.29, 0.717) is 18.3 Å². The lowest BCUT2D eigenvalue weighted by Gasteiger charge is -2.33. The van der Waals surface area contributed by atoms with Crippen molar-refractivity contribution in [2.45, 2.75) is 57.9 Å². The summed E-state index contributed by atoms with van der Waals surface area (Å²) in [6, 6.07) is 5.51. The summed E-state index contributed by atoms with van der Waals surface area (Å²) in [7, 11) is 0.580. The number of guanidine groups is 1. The predicted octanol–water partition coefficient (Wildman–Crippen LogP) is 2.90. The Kier molecular flexibility index (Phi) is 9.55. The zero-order chi connectivity index (χ0) is 22.1. The van der Waals surface area contributed by atoms with Crippen LogP contribution in [0.2, 0.25) is 0 Å². The highest BCUT2D eigenvalue weighted by molar-refractivity contribution is 7.86. The van der Waals surface area contributed by atoms with E-state index in [1.54, 1.807) is 12.1 Å². The Labute approximate surface area is 183 Å². The molecule has 2 rings (SSSR count).